The van der Waals surface area contributed by atoms with Crippen LogP contribution >= 0.6 is 27.7 Å². The van der Waals surface area contributed by atoms with Gasteiger partial charge in [-0.15, -0.1) is 11.8 Å². The van der Waals surface area contributed by atoms with Crippen LogP contribution in [0.3, 0.4) is 0 Å². The summed E-state index contributed by atoms with van der Waals surface area (Å²) in [5.41, 5.74) is 1.95. The number of hydrogen-bond donors (Lipinski definition) is 0. The maximum atomic E-state index is 12.0. The predicted molar refractivity (Wildman–Crippen MR) is 80.4 cm³/mol. The average molecular weight is 321 g/mol. The summed E-state index contributed by atoms with van der Waals surface area (Å²) < 4.78 is 1.03. The van der Waals surface area contributed by atoms with Gasteiger partial charge in [-0.05, 0) is 35.0 Å². The SMILES string of the molecule is Cc1ccc(C(=O)CSc2ccccc2Br)cc1. The number of aryl methyl sites for hydroxylation is 1. The highest BCUT2D eigenvalue weighted by Crippen LogP contribution is 2.27. The minimum Gasteiger partial charge on any atom is -0.293 e. The number of rotatable bonds is 4. The monoisotopic (exact) mass is 320 g/mol. The van der Waals surface area contributed by atoms with Gasteiger partial charge in [-0.3, -0.25) is 4.79 Å². The number of halogens is 1. The Morgan fingerprint density at radius 2 is 1.78 bits per heavy atom. The van der Waals surface area contributed by atoms with Gasteiger partial charge in [0.1, 0.15) is 0 Å². The Labute approximate surface area is 120 Å². The van der Waals surface area contributed by atoms with E-state index in [1.54, 1.807) is 11.8 Å². The molecule has 1 nitrogen and oxygen atoms in total. The second-order valence-electron chi connectivity index (χ2n) is 4.01. The van der Waals surface area contributed by atoms with Gasteiger partial charge in [-0.25, -0.2) is 0 Å². The van der Waals surface area contributed by atoms with Crippen molar-refractivity contribution in [2.45, 2.75) is 11.8 Å². The number of ketones is 1. The van der Waals surface area contributed by atoms with Crippen molar-refractivity contribution in [3.63, 3.8) is 0 Å². The highest BCUT2D eigenvalue weighted by atomic mass is 79.9. The molecule has 0 aliphatic rings. The maximum absolute atomic E-state index is 12.0. The molecule has 0 radical (unpaired) electrons. The standard InChI is InChI=1S/C15H13BrOS/c1-11-6-8-12(9-7-11)14(17)10-18-15-5-3-2-4-13(15)16/h2-9H,10H2,1H3. The normalized spacial score (nSPS) is 10.3. The van der Waals surface area contributed by atoms with E-state index < -0.39 is 0 Å². The molecule has 18 heavy (non-hydrogen) atoms. The highest BCUT2D eigenvalue weighted by Gasteiger charge is 2.07. The fourth-order valence-electron chi connectivity index (χ4n) is 1.53. The molecule has 3 heteroatoms. The molecule has 0 bridgehead atoms. The lowest BCUT2D eigenvalue weighted by Crippen LogP contribution is -2.02. The van der Waals surface area contributed by atoms with Gasteiger partial charge in [0.2, 0.25) is 0 Å². The second kappa shape index (κ2) is 6.21. The van der Waals surface area contributed by atoms with Crippen molar-refractivity contribution in [1.82, 2.24) is 0 Å². The molecular formula is C15H13BrOS. The fraction of sp³-hybridized carbons (Fsp3) is 0.133. The summed E-state index contributed by atoms with van der Waals surface area (Å²) in [6.45, 7) is 2.02. The molecular weight excluding hydrogens is 308 g/mol. The van der Waals surface area contributed by atoms with Crippen LogP contribution in [0.2, 0.25) is 0 Å². The molecule has 0 atom stereocenters. The lowest BCUT2D eigenvalue weighted by atomic mass is 10.1. The van der Waals surface area contributed by atoms with Gasteiger partial charge in [0.05, 0.1) is 5.75 Å². The van der Waals surface area contributed by atoms with Crippen molar-refractivity contribution in [2.24, 2.45) is 0 Å². The molecule has 0 saturated carbocycles. The molecule has 0 heterocycles. The average Bonchev–Trinajstić information content (AvgIpc) is 2.38. The summed E-state index contributed by atoms with van der Waals surface area (Å²) in [6, 6.07) is 15.7. The van der Waals surface area contributed by atoms with E-state index in [2.05, 4.69) is 15.9 Å². The van der Waals surface area contributed by atoms with E-state index >= 15 is 0 Å². The van der Waals surface area contributed by atoms with E-state index in [4.69, 9.17) is 0 Å². The van der Waals surface area contributed by atoms with Gasteiger partial charge >= 0.3 is 0 Å². The molecule has 0 amide bonds. The lowest BCUT2D eigenvalue weighted by molar-refractivity contribution is 0.102. The molecule has 0 spiro atoms. The van der Waals surface area contributed by atoms with Crippen LogP contribution in [0.25, 0.3) is 0 Å². The largest absolute Gasteiger partial charge is 0.293 e. The van der Waals surface area contributed by atoms with Crippen LogP contribution in [0, 0.1) is 6.92 Å². The van der Waals surface area contributed by atoms with Crippen molar-refractivity contribution >= 4 is 33.5 Å². The topological polar surface area (TPSA) is 17.1 Å². The van der Waals surface area contributed by atoms with Crippen molar-refractivity contribution in [3.8, 4) is 0 Å². The van der Waals surface area contributed by atoms with Gasteiger partial charge < -0.3 is 0 Å². The summed E-state index contributed by atoms with van der Waals surface area (Å²) in [5.74, 6) is 0.627. The zero-order valence-electron chi connectivity index (χ0n) is 10.0. The predicted octanol–water partition coefficient (Wildman–Crippen LogP) is 4.73. The fourth-order valence-corrected chi connectivity index (χ4v) is 2.99. The van der Waals surface area contributed by atoms with Gasteiger partial charge in [0.25, 0.3) is 0 Å². The number of carbonyl (C=O) groups excluding carboxylic acids is 1. The third kappa shape index (κ3) is 3.47. The van der Waals surface area contributed by atoms with E-state index in [0.717, 1.165) is 14.9 Å². The molecule has 0 aliphatic heterocycles. The van der Waals surface area contributed by atoms with Crippen LogP contribution < -0.4 is 0 Å². The Bertz CT molecular complexity index is 549. The smallest absolute Gasteiger partial charge is 0.173 e. The first-order valence-corrected chi connectivity index (χ1v) is 7.42. The second-order valence-corrected chi connectivity index (χ2v) is 5.88. The van der Waals surface area contributed by atoms with Gasteiger partial charge in [0, 0.05) is 14.9 Å². The van der Waals surface area contributed by atoms with Crippen molar-refractivity contribution < 1.29 is 4.79 Å². The number of thioether (sulfide) groups is 1. The Kier molecular flexibility index (Phi) is 4.61. The number of benzene rings is 2. The molecule has 0 N–H and O–H groups in total. The summed E-state index contributed by atoms with van der Waals surface area (Å²) in [4.78, 5) is 13.1. The summed E-state index contributed by atoms with van der Waals surface area (Å²) in [5, 5.41) is 0. The summed E-state index contributed by atoms with van der Waals surface area (Å²) in [7, 11) is 0. The quantitative estimate of drug-likeness (QED) is 0.598. The number of Topliss-reactive ketones (excluding diaryl/α,β-unsaturated/α-hetero) is 1. The van der Waals surface area contributed by atoms with Crippen molar-refractivity contribution in [1.29, 1.82) is 0 Å². The molecule has 2 aromatic rings. The summed E-state index contributed by atoms with van der Waals surface area (Å²) >= 11 is 5.04. The van der Waals surface area contributed by atoms with E-state index in [1.807, 2.05) is 55.5 Å². The Hall–Kier alpha value is -1.06. The van der Waals surface area contributed by atoms with Crippen LogP contribution in [0.4, 0.5) is 0 Å². The molecule has 0 fully saturated rings. The zero-order valence-corrected chi connectivity index (χ0v) is 12.4. The summed E-state index contributed by atoms with van der Waals surface area (Å²) in [6.07, 6.45) is 0. The minimum atomic E-state index is 0.163. The van der Waals surface area contributed by atoms with Crippen LogP contribution in [-0.4, -0.2) is 11.5 Å². The van der Waals surface area contributed by atoms with Crippen LogP contribution in [0.1, 0.15) is 15.9 Å². The number of carbonyl (C=O) groups is 1. The minimum absolute atomic E-state index is 0.163. The molecule has 92 valence electrons. The van der Waals surface area contributed by atoms with Gasteiger partial charge in [0.15, 0.2) is 5.78 Å². The first kappa shape index (κ1) is 13.4. The van der Waals surface area contributed by atoms with Crippen LogP contribution in [0.15, 0.2) is 57.9 Å². The van der Waals surface area contributed by atoms with E-state index in [-0.39, 0.29) is 5.78 Å². The molecule has 0 aromatic heterocycles. The lowest BCUT2D eigenvalue weighted by Gasteiger charge is -2.04. The van der Waals surface area contributed by atoms with E-state index in [0.29, 0.717) is 5.75 Å². The third-order valence-electron chi connectivity index (χ3n) is 2.57. The molecule has 2 rings (SSSR count). The maximum Gasteiger partial charge on any atom is 0.173 e. The highest BCUT2D eigenvalue weighted by molar-refractivity contribution is 9.10. The van der Waals surface area contributed by atoms with Gasteiger partial charge in [-0.2, -0.15) is 0 Å². The molecule has 0 unspecified atom stereocenters. The third-order valence-corrected chi connectivity index (χ3v) is 4.60. The van der Waals surface area contributed by atoms with Crippen LogP contribution in [0.5, 0.6) is 0 Å². The first-order chi connectivity index (χ1) is 8.66. The number of hydrogen-bond acceptors (Lipinski definition) is 2. The zero-order chi connectivity index (χ0) is 13.0. The molecule has 0 saturated heterocycles. The molecule has 0 aliphatic carbocycles. The van der Waals surface area contributed by atoms with Gasteiger partial charge in [-0.1, -0.05) is 42.0 Å². The first-order valence-electron chi connectivity index (χ1n) is 5.64. The Morgan fingerprint density at radius 1 is 1.11 bits per heavy atom. The Balaban J connectivity index is 2.01. The van der Waals surface area contributed by atoms with Crippen molar-refractivity contribution in [3.05, 3.63) is 64.1 Å². The van der Waals surface area contributed by atoms with E-state index in [1.165, 1.54) is 5.56 Å². The van der Waals surface area contributed by atoms with Crippen molar-refractivity contribution in [2.75, 3.05) is 5.75 Å². The Morgan fingerprint density at radius 3 is 2.44 bits per heavy atom. The molecule has 2 aromatic carbocycles. The van der Waals surface area contributed by atoms with Crippen LogP contribution in [-0.2, 0) is 0 Å². The van der Waals surface area contributed by atoms with E-state index in [9.17, 15) is 4.79 Å².